The van der Waals surface area contributed by atoms with E-state index in [1.807, 2.05) is 0 Å². The first-order chi connectivity index (χ1) is 17.5. The van der Waals surface area contributed by atoms with E-state index < -0.39 is 40.8 Å². The number of carbonyl (C=O) groups excluding carboxylic acids is 1. The number of hydrogen-bond acceptors (Lipinski definition) is 4. The van der Waals surface area contributed by atoms with Crippen LogP contribution in [-0.2, 0) is 6.18 Å². The first-order valence-corrected chi connectivity index (χ1v) is 10.8. The van der Waals surface area contributed by atoms with Gasteiger partial charge in [0.05, 0.1) is 27.5 Å². The Hall–Kier alpha value is -4.64. The van der Waals surface area contributed by atoms with Gasteiger partial charge < -0.3 is 15.5 Å². The van der Waals surface area contributed by atoms with Crippen molar-refractivity contribution in [2.45, 2.75) is 6.18 Å². The molecule has 0 atom stereocenters. The van der Waals surface area contributed by atoms with E-state index in [0.29, 0.717) is 5.56 Å². The second-order valence-electron chi connectivity index (χ2n) is 7.68. The van der Waals surface area contributed by atoms with Crippen molar-refractivity contribution in [1.82, 2.24) is 9.78 Å². The first-order valence-electron chi connectivity index (χ1n) is 10.4. The molecule has 0 saturated heterocycles. The predicted octanol–water partition coefficient (Wildman–Crippen LogP) is 6.11. The summed E-state index contributed by atoms with van der Waals surface area (Å²) in [5.74, 6) is -3.57. The van der Waals surface area contributed by atoms with Gasteiger partial charge in [-0.25, -0.2) is 14.3 Å². The minimum Gasteiger partial charge on any atom is -0.478 e. The zero-order valence-corrected chi connectivity index (χ0v) is 19.2. The topological polar surface area (TPSA) is 122 Å². The van der Waals surface area contributed by atoms with E-state index in [1.54, 1.807) is 12.1 Å². The zero-order valence-electron chi connectivity index (χ0n) is 18.5. The summed E-state index contributed by atoms with van der Waals surface area (Å²) in [6.45, 7) is 0. The Bertz CT molecular complexity index is 1540. The summed E-state index contributed by atoms with van der Waals surface area (Å²) >= 11 is 6.18. The lowest BCUT2D eigenvalue weighted by Gasteiger charge is -2.11. The number of amides is 1. The number of para-hydroxylation sites is 1. The average Bonchev–Trinajstić information content (AvgIpc) is 3.30. The SMILES string of the molecule is O=C(Nc1ccc(C(=O)O)c(C(=O)O)c1)c1ccc(-c2cc(C(F)(F)F)nn2-c2ccccc2Cl)cc1.[HH]. The number of carboxylic acids is 2. The Morgan fingerprint density at radius 3 is 2.14 bits per heavy atom. The number of aromatic carboxylic acids is 2. The van der Waals surface area contributed by atoms with Gasteiger partial charge in [0, 0.05) is 18.2 Å². The molecule has 4 aromatic rings. The molecular formula is C25H17ClF3N3O5. The van der Waals surface area contributed by atoms with Gasteiger partial charge in [0.2, 0.25) is 0 Å². The van der Waals surface area contributed by atoms with Crippen LogP contribution in [0.4, 0.5) is 18.9 Å². The predicted molar refractivity (Wildman–Crippen MR) is 129 cm³/mol. The van der Waals surface area contributed by atoms with E-state index in [9.17, 15) is 32.7 Å². The number of carboxylic acid groups (broad SMARTS) is 2. The van der Waals surface area contributed by atoms with Crippen LogP contribution in [0.3, 0.4) is 0 Å². The molecule has 1 heterocycles. The molecule has 1 amide bonds. The molecule has 37 heavy (non-hydrogen) atoms. The summed E-state index contributed by atoms with van der Waals surface area (Å²) in [4.78, 5) is 35.2. The number of anilines is 1. The molecule has 12 heteroatoms. The molecule has 4 rings (SSSR count). The Labute approximate surface area is 213 Å². The highest BCUT2D eigenvalue weighted by molar-refractivity contribution is 6.32. The van der Waals surface area contributed by atoms with E-state index in [1.165, 1.54) is 42.5 Å². The summed E-state index contributed by atoms with van der Waals surface area (Å²) < 4.78 is 41.3. The number of aromatic nitrogens is 2. The fraction of sp³-hybridized carbons (Fsp3) is 0.0400. The molecule has 0 unspecified atom stereocenters. The fourth-order valence-corrected chi connectivity index (χ4v) is 3.73. The van der Waals surface area contributed by atoms with Crippen LogP contribution in [0.5, 0.6) is 0 Å². The normalized spacial score (nSPS) is 11.2. The maximum Gasteiger partial charge on any atom is 0.435 e. The molecular weight excluding hydrogens is 515 g/mol. The van der Waals surface area contributed by atoms with Gasteiger partial charge >= 0.3 is 18.1 Å². The second kappa shape index (κ2) is 9.78. The number of alkyl halides is 3. The number of nitrogens with zero attached hydrogens (tertiary/aromatic N) is 2. The highest BCUT2D eigenvalue weighted by atomic mass is 35.5. The van der Waals surface area contributed by atoms with Crippen LogP contribution in [0.25, 0.3) is 16.9 Å². The zero-order chi connectivity index (χ0) is 26.9. The Balaban J connectivity index is 0.00000400. The fourth-order valence-electron chi connectivity index (χ4n) is 3.51. The standard InChI is InChI=1S/C25H15ClF3N3O5.H2/c26-18-3-1-2-4-19(18)32-20(12-21(31-32)25(27,28)29)13-5-7-14(8-6-13)22(33)30-15-9-10-16(23(34)35)17(11-15)24(36)37;/h1-12H,(H,30,33)(H,34,35)(H,36,37);1H. The van der Waals surface area contributed by atoms with E-state index in [2.05, 4.69) is 10.4 Å². The number of carbonyl (C=O) groups is 3. The van der Waals surface area contributed by atoms with Crippen LogP contribution >= 0.6 is 11.6 Å². The van der Waals surface area contributed by atoms with Gasteiger partial charge in [0.25, 0.3) is 5.91 Å². The molecule has 0 aliphatic rings. The number of hydrogen-bond donors (Lipinski definition) is 3. The van der Waals surface area contributed by atoms with Crippen LogP contribution in [0.1, 0.15) is 38.2 Å². The van der Waals surface area contributed by atoms with E-state index in [4.69, 9.17) is 16.7 Å². The third kappa shape index (κ3) is 5.31. The lowest BCUT2D eigenvalue weighted by molar-refractivity contribution is -0.141. The lowest BCUT2D eigenvalue weighted by Crippen LogP contribution is -2.14. The maximum atomic E-state index is 13.4. The van der Waals surface area contributed by atoms with Crippen LogP contribution < -0.4 is 5.32 Å². The van der Waals surface area contributed by atoms with Crippen molar-refractivity contribution in [2.75, 3.05) is 5.32 Å². The van der Waals surface area contributed by atoms with E-state index in [0.717, 1.165) is 22.9 Å². The van der Waals surface area contributed by atoms with Crippen molar-refractivity contribution < 1.29 is 39.2 Å². The van der Waals surface area contributed by atoms with Crippen molar-refractivity contribution >= 4 is 35.1 Å². The van der Waals surface area contributed by atoms with Gasteiger partial charge in [0.1, 0.15) is 0 Å². The number of benzene rings is 3. The molecule has 3 N–H and O–H groups in total. The smallest absolute Gasteiger partial charge is 0.435 e. The summed E-state index contributed by atoms with van der Waals surface area (Å²) in [7, 11) is 0. The highest BCUT2D eigenvalue weighted by Crippen LogP contribution is 2.34. The van der Waals surface area contributed by atoms with Crippen molar-refractivity contribution in [2.24, 2.45) is 0 Å². The molecule has 190 valence electrons. The Kier molecular flexibility index (Phi) is 6.73. The summed E-state index contributed by atoms with van der Waals surface area (Å²) in [5.41, 5.74) is -1.27. The summed E-state index contributed by atoms with van der Waals surface area (Å²) in [5, 5.41) is 24.7. The van der Waals surface area contributed by atoms with Crippen LogP contribution in [-0.4, -0.2) is 37.8 Å². The van der Waals surface area contributed by atoms with Gasteiger partial charge in [-0.3, -0.25) is 4.79 Å². The third-order valence-electron chi connectivity index (χ3n) is 5.26. The van der Waals surface area contributed by atoms with E-state index in [-0.39, 0.29) is 29.1 Å². The lowest BCUT2D eigenvalue weighted by atomic mass is 10.1. The highest BCUT2D eigenvalue weighted by Gasteiger charge is 2.35. The van der Waals surface area contributed by atoms with Crippen molar-refractivity contribution in [3.63, 3.8) is 0 Å². The molecule has 0 bridgehead atoms. The largest absolute Gasteiger partial charge is 0.478 e. The van der Waals surface area contributed by atoms with Gasteiger partial charge in [-0.1, -0.05) is 35.9 Å². The minimum atomic E-state index is -4.70. The molecule has 0 aliphatic heterocycles. The molecule has 0 fully saturated rings. The van der Waals surface area contributed by atoms with Crippen LogP contribution in [0.15, 0.2) is 72.8 Å². The maximum absolute atomic E-state index is 13.4. The molecule has 8 nitrogen and oxygen atoms in total. The number of halogens is 4. The van der Waals surface area contributed by atoms with Crippen LogP contribution in [0.2, 0.25) is 5.02 Å². The minimum absolute atomic E-state index is 0. The van der Waals surface area contributed by atoms with Crippen molar-refractivity contribution in [3.8, 4) is 16.9 Å². The molecule has 3 aromatic carbocycles. The second-order valence-corrected chi connectivity index (χ2v) is 8.09. The summed E-state index contributed by atoms with van der Waals surface area (Å²) in [6.07, 6.45) is -4.70. The third-order valence-corrected chi connectivity index (χ3v) is 5.58. The van der Waals surface area contributed by atoms with Gasteiger partial charge in [0.15, 0.2) is 5.69 Å². The molecule has 0 spiro atoms. The van der Waals surface area contributed by atoms with Gasteiger partial charge in [-0.15, -0.1) is 0 Å². The quantitative estimate of drug-likeness (QED) is 0.276. The Morgan fingerprint density at radius 2 is 1.54 bits per heavy atom. The van der Waals surface area contributed by atoms with Crippen LogP contribution in [0, 0.1) is 0 Å². The summed E-state index contributed by atoms with van der Waals surface area (Å²) in [6, 6.07) is 16.0. The molecule has 1 aromatic heterocycles. The van der Waals surface area contributed by atoms with Gasteiger partial charge in [-0.2, -0.15) is 18.3 Å². The first kappa shape index (κ1) is 25.5. The molecule has 0 radical (unpaired) electrons. The monoisotopic (exact) mass is 531 g/mol. The number of rotatable bonds is 6. The van der Waals surface area contributed by atoms with Crippen molar-refractivity contribution in [3.05, 3.63) is 100 Å². The van der Waals surface area contributed by atoms with Crippen molar-refractivity contribution in [1.29, 1.82) is 0 Å². The Morgan fingerprint density at radius 1 is 0.892 bits per heavy atom. The molecule has 0 saturated carbocycles. The van der Waals surface area contributed by atoms with E-state index >= 15 is 0 Å². The average molecular weight is 532 g/mol. The number of nitrogens with one attached hydrogen (secondary N) is 1. The van der Waals surface area contributed by atoms with Gasteiger partial charge in [-0.05, 0) is 48.5 Å². The molecule has 0 aliphatic carbocycles.